The van der Waals surface area contributed by atoms with Gasteiger partial charge in [0.2, 0.25) is 5.91 Å². The standard InChI is InChI=1S/C17H18ClN5O4/c1-11(24)20-17-8-12(19-10-15(25)9-18)5-6-16(17)22-21-13-3-2-4-14(7-13)23(26)27/h2-8,15,19,25H,9-10H2,1H3,(H,20,24). The quantitative estimate of drug-likeness (QED) is 0.271. The van der Waals surface area contributed by atoms with Crippen molar-refractivity contribution in [3.63, 3.8) is 0 Å². The summed E-state index contributed by atoms with van der Waals surface area (Å²) in [5, 5.41) is 34.1. The Bertz CT molecular complexity index is 859. The monoisotopic (exact) mass is 391 g/mol. The average Bonchev–Trinajstić information content (AvgIpc) is 2.65. The summed E-state index contributed by atoms with van der Waals surface area (Å²) < 4.78 is 0. The third kappa shape index (κ3) is 6.32. The number of halogens is 1. The number of nitrogens with one attached hydrogen (secondary N) is 2. The Morgan fingerprint density at radius 1 is 1.30 bits per heavy atom. The normalized spacial score (nSPS) is 12.0. The molecule has 1 unspecified atom stereocenters. The first-order valence-electron chi connectivity index (χ1n) is 7.95. The molecule has 9 nitrogen and oxygen atoms in total. The zero-order valence-electron chi connectivity index (χ0n) is 14.4. The van der Waals surface area contributed by atoms with Gasteiger partial charge < -0.3 is 15.7 Å². The molecule has 0 saturated carbocycles. The summed E-state index contributed by atoms with van der Waals surface area (Å²) in [7, 11) is 0. The maximum atomic E-state index is 11.4. The lowest BCUT2D eigenvalue weighted by Crippen LogP contribution is -2.20. The van der Waals surface area contributed by atoms with Crippen molar-refractivity contribution in [2.24, 2.45) is 10.2 Å². The predicted molar refractivity (Wildman–Crippen MR) is 103 cm³/mol. The van der Waals surface area contributed by atoms with E-state index in [0.29, 0.717) is 22.7 Å². The van der Waals surface area contributed by atoms with E-state index in [9.17, 15) is 20.0 Å². The van der Waals surface area contributed by atoms with Crippen molar-refractivity contribution in [1.82, 2.24) is 0 Å². The van der Waals surface area contributed by atoms with Crippen molar-refractivity contribution >= 4 is 45.9 Å². The number of hydrogen-bond donors (Lipinski definition) is 3. The topological polar surface area (TPSA) is 129 Å². The molecule has 1 atom stereocenters. The summed E-state index contributed by atoms with van der Waals surface area (Å²) in [6.07, 6.45) is -0.705. The van der Waals surface area contributed by atoms with Crippen LogP contribution in [0.4, 0.5) is 28.4 Å². The number of benzene rings is 2. The molecule has 0 spiro atoms. The minimum atomic E-state index is -0.705. The van der Waals surface area contributed by atoms with Crippen LogP contribution in [0, 0.1) is 10.1 Å². The molecule has 0 aliphatic rings. The van der Waals surface area contributed by atoms with Crippen LogP contribution in [-0.4, -0.2) is 34.5 Å². The van der Waals surface area contributed by atoms with Crippen molar-refractivity contribution in [3.8, 4) is 0 Å². The van der Waals surface area contributed by atoms with E-state index in [1.807, 2.05) is 0 Å². The molecule has 1 amide bonds. The number of anilines is 2. The number of aliphatic hydroxyl groups is 1. The van der Waals surface area contributed by atoms with Crippen molar-refractivity contribution in [2.45, 2.75) is 13.0 Å². The van der Waals surface area contributed by atoms with Gasteiger partial charge in [0.15, 0.2) is 0 Å². The smallest absolute Gasteiger partial charge is 0.271 e. The second kappa shape index (κ2) is 9.60. The van der Waals surface area contributed by atoms with Gasteiger partial charge in [-0.05, 0) is 24.3 Å². The minimum Gasteiger partial charge on any atom is -0.390 e. The molecule has 0 heterocycles. The largest absolute Gasteiger partial charge is 0.390 e. The third-order valence-electron chi connectivity index (χ3n) is 3.34. The van der Waals surface area contributed by atoms with Gasteiger partial charge in [0.1, 0.15) is 5.69 Å². The fraction of sp³-hybridized carbons (Fsp3) is 0.235. The first-order valence-corrected chi connectivity index (χ1v) is 8.48. The van der Waals surface area contributed by atoms with Crippen molar-refractivity contribution in [1.29, 1.82) is 0 Å². The highest BCUT2D eigenvalue weighted by molar-refractivity contribution is 6.18. The number of carbonyl (C=O) groups is 1. The highest BCUT2D eigenvalue weighted by Crippen LogP contribution is 2.30. The summed E-state index contributed by atoms with van der Waals surface area (Å²) in [5.74, 6) is -0.194. The predicted octanol–water partition coefficient (Wildman–Crippen LogP) is 3.98. The maximum absolute atomic E-state index is 11.4. The zero-order chi connectivity index (χ0) is 19.8. The van der Waals surface area contributed by atoms with Gasteiger partial charge in [-0.2, -0.15) is 5.11 Å². The van der Waals surface area contributed by atoms with Gasteiger partial charge in [-0.25, -0.2) is 0 Å². The molecule has 0 radical (unpaired) electrons. The van der Waals surface area contributed by atoms with Crippen LogP contribution in [0.1, 0.15) is 6.92 Å². The molecule has 0 aliphatic carbocycles. The van der Waals surface area contributed by atoms with Crippen LogP contribution in [0.2, 0.25) is 0 Å². The number of hydrogen-bond acceptors (Lipinski definition) is 7. The Morgan fingerprint density at radius 2 is 2.07 bits per heavy atom. The SMILES string of the molecule is CC(=O)Nc1cc(NCC(O)CCl)ccc1N=Nc1cccc([N+](=O)[O-])c1. The van der Waals surface area contributed by atoms with Crippen LogP contribution in [0.25, 0.3) is 0 Å². The van der Waals surface area contributed by atoms with Crippen LogP contribution < -0.4 is 10.6 Å². The number of carbonyl (C=O) groups excluding carboxylic acids is 1. The number of amides is 1. The molecule has 10 heteroatoms. The van der Waals surface area contributed by atoms with E-state index in [1.165, 1.54) is 25.1 Å². The van der Waals surface area contributed by atoms with Gasteiger partial charge in [-0.1, -0.05) is 6.07 Å². The molecule has 3 N–H and O–H groups in total. The zero-order valence-corrected chi connectivity index (χ0v) is 15.2. The lowest BCUT2D eigenvalue weighted by atomic mass is 10.2. The number of non-ortho nitro benzene ring substituents is 1. The maximum Gasteiger partial charge on any atom is 0.271 e. The first kappa shape index (κ1) is 20.3. The molecule has 27 heavy (non-hydrogen) atoms. The van der Waals surface area contributed by atoms with Crippen LogP contribution >= 0.6 is 11.6 Å². The second-order valence-corrected chi connectivity index (χ2v) is 5.89. The lowest BCUT2D eigenvalue weighted by molar-refractivity contribution is -0.384. The van der Waals surface area contributed by atoms with Crippen LogP contribution in [0.5, 0.6) is 0 Å². The minimum absolute atomic E-state index is 0.0917. The Morgan fingerprint density at radius 3 is 2.74 bits per heavy atom. The molecule has 0 bridgehead atoms. The van der Waals surface area contributed by atoms with E-state index < -0.39 is 11.0 Å². The van der Waals surface area contributed by atoms with Crippen molar-refractivity contribution < 1.29 is 14.8 Å². The Kier molecular flexibility index (Phi) is 7.21. The van der Waals surface area contributed by atoms with Gasteiger partial charge in [0.05, 0.1) is 28.3 Å². The second-order valence-electron chi connectivity index (χ2n) is 5.58. The number of rotatable bonds is 8. The lowest BCUT2D eigenvalue weighted by Gasteiger charge is -2.12. The summed E-state index contributed by atoms with van der Waals surface area (Å²) in [6.45, 7) is 1.61. The molecule has 0 fully saturated rings. The Balaban J connectivity index is 2.25. The van der Waals surface area contributed by atoms with Gasteiger partial charge >= 0.3 is 0 Å². The van der Waals surface area contributed by atoms with Gasteiger partial charge in [-0.3, -0.25) is 14.9 Å². The number of azo groups is 1. The number of nitro benzene ring substituents is 1. The van der Waals surface area contributed by atoms with Crippen LogP contribution in [0.15, 0.2) is 52.7 Å². The molecule has 2 aromatic carbocycles. The molecular weight excluding hydrogens is 374 g/mol. The average molecular weight is 392 g/mol. The number of aliphatic hydroxyl groups excluding tert-OH is 1. The number of alkyl halides is 1. The van der Waals surface area contributed by atoms with Crippen LogP contribution in [-0.2, 0) is 4.79 Å². The van der Waals surface area contributed by atoms with Gasteiger partial charge in [0.25, 0.3) is 5.69 Å². The summed E-state index contributed by atoms with van der Waals surface area (Å²) >= 11 is 5.56. The molecule has 2 rings (SSSR count). The molecule has 0 aromatic heterocycles. The van der Waals surface area contributed by atoms with E-state index in [4.69, 9.17) is 11.6 Å². The van der Waals surface area contributed by atoms with Crippen molar-refractivity contribution in [2.75, 3.05) is 23.1 Å². The Hall–Kier alpha value is -3.04. The molecular formula is C17H18ClN5O4. The van der Waals surface area contributed by atoms with Gasteiger partial charge in [0, 0.05) is 31.3 Å². The molecule has 2 aromatic rings. The summed E-state index contributed by atoms with van der Waals surface area (Å²) in [4.78, 5) is 21.8. The summed E-state index contributed by atoms with van der Waals surface area (Å²) in [6, 6.07) is 10.7. The molecule has 0 aliphatic heterocycles. The number of nitro groups is 1. The highest BCUT2D eigenvalue weighted by atomic mass is 35.5. The fourth-order valence-electron chi connectivity index (χ4n) is 2.09. The van der Waals surface area contributed by atoms with E-state index in [1.54, 1.807) is 24.3 Å². The fourth-order valence-corrected chi connectivity index (χ4v) is 2.20. The molecule has 0 saturated heterocycles. The molecule has 142 valence electrons. The highest BCUT2D eigenvalue weighted by Gasteiger charge is 2.08. The van der Waals surface area contributed by atoms with E-state index in [2.05, 4.69) is 20.9 Å². The van der Waals surface area contributed by atoms with E-state index >= 15 is 0 Å². The van der Waals surface area contributed by atoms with Crippen LogP contribution in [0.3, 0.4) is 0 Å². The summed E-state index contributed by atoms with van der Waals surface area (Å²) in [5.41, 5.74) is 1.65. The van der Waals surface area contributed by atoms with E-state index in [-0.39, 0.29) is 24.0 Å². The number of nitrogens with zero attached hydrogens (tertiary/aromatic N) is 3. The first-order chi connectivity index (χ1) is 12.9. The third-order valence-corrected chi connectivity index (χ3v) is 3.70. The van der Waals surface area contributed by atoms with Gasteiger partial charge in [-0.15, -0.1) is 16.7 Å². The van der Waals surface area contributed by atoms with Crippen molar-refractivity contribution in [3.05, 3.63) is 52.6 Å². The van der Waals surface area contributed by atoms with E-state index in [0.717, 1.165) is 0 Å². The Labute approximate surface area is 160 Å².